The number of anilines is 1. The van der Waals surface area contributed by atoms with Gasteiger partial charge in [-0.15, -0.1) is 0 Å². The molecule has 20 heteroatoms. The molecule has 0 aliphatic carbocycles. The van der Waals surface area contributed by atoms with Crippen LogP contribution in [-0.4, -0.2) is 145 Å². The Labute approximate surface area is 297 Å². The Balaban J connectivity index is 0.000000522. The lowest BCUT2D eigenvalue weighted by Gasteiger charge is -2.55. The van der Waals surface area contributed by atoms with E-state index in [0.29, 0.717) is 21.1 Å². The number of aliphatic carboxylic acids is 2. The van der Waals surface area contributed by atoms with Crippen LogP contribution in [0.25, 0.3) is 10.8 Å². The van der Waals surface area contributed by atoms with E-state index in [1.54, 1.807) is 19.1 Å². The monoisotopic (exact) mass is 776 g/mol. The number of carbonyl (C=O) groups is 3. The summed E-state index contributed by atoms with van der Waals surface area (Å²) in [7, 11) is -9.84. The van der Waals surface area contributed by atoms with Gasteiger partial charge in [0.05, 0.1) is 41.7 Å². The molecule has 2 aromatic rings. The Morgan fingerprint density at radius 3 is 2.12 bits per heavy atom. The van der Waals surface area contributed by atoms with Gasteiger partial charge in [-0.2, -0.15) is 21.6 Å². The molecular weight excluding hydrogens is 737 g/mol. The summed E-state index contributed by atoms with van der Waals surface area (Å²) >= 11 is 0. The van der Waals surface area contributed by atoms with Crippen molar-refractivity contribution in [2.24, 2.45) is 11.8 Å². The number of carbonyl (C=O) groups excluding carboxylic acids is 1. The Bertz CT molecular complexity index is 2100. The molecule has 52 heavy (non-hydrogen) atoms. The normalized spacial score (nSPS) is 29.4. The number of hydrogen-bond donors (Lipinski definition) is 4. The van der Waals surface area contributed by atoms with Crippen molar-refractivity contribution in [1.82, 2.24) is 4.90 Å². The van der Waals surface area contributed by atoms with Crippen molar-refractivity contribution in [2.45, 2.75) is 42.8 Å². The standard InChI is InChI=1S/C31H36N4O8S.CHF3O3S/c1-18-22(29(31(40)41)33-28(18)26(19(2)36)30(33)39)16-32-23-5-3-4-21-20(6-7-24(27(21)23)44(32,42)43)8-9-34-10-13-35(14-11-34,15-12-34)17-25(37)38;2-1(3,4)8(5,6)7/h3-7,18-19,26,28,36H,8-17H2,1-2H3;(H,5,6,7)/p+2/t18-,19+,26?,28?,34?,35?;/m0./s1. The molecule has 4 atom stereocenters. The molecule has 4 saturated heterocycles. The van der Waals surface area contributed by atoms with Crippen LogP contribution >= 0.6 is 0 Å². The lowest BCUT2D eigenvalue weighted by molar-refractivity contribution is -1.08. The Morgan fingerprint density at radius 2 is 1.60 bits per heavy atom. The van der Waals surface area contributed by atoms with Gasteiger partial charge in [-0.25, -0.2) is 18.0 Å². The van der Waals surface area contributed by atoms with Crippen LogP contribution in [-0.2, 0) is 40.9 Å². The van der Waals surface area contributed by atoms with Crippen LogP contribution in [0.1, 0.15) is 19.4 Å². The second kappa shape index (κ2) is 12.7. The minimum Gasteiger partial charge on any atom is -0.477 e. The van der Waals surface area contributed by atoms with Crippen LogP contribution in [0.15, 0.2) is 46.5 Å². The lowest BCUT2D eigenvalue weighted by atomic mass is 9.78. The van der Waals surface area contributed by atoms with Crippen molar-refractivity contribution < 1.29 is 73.2 Å². The molecule has 4 N–H and O–H groups in total. The number of aliphatic hydroxyl groups is 1. The zero-order valence-corrected chi connectivity index (χ0v) is 29.8. The zero-order chi connectivity index (χ0) is 38.3. The van der Waals surface area contributed by atoms with Gasteiger partial charge in [-0.05, 0) is 35.6 Å². The van der Waals surface area contributed by atoms with Crippen LogP contribution in [0.5, 0.6) is 0 Å². The zero-order valence-electron chi connectivity index (χ0n) is 28.2. The molecule has 6 aliphatic rings. The number of benzene rings is 2. The van der Waals surface area contributed by atoms with Gasteiger partial charge in [-0.1, -0.05) is 25.1 Å². The Morgan fingerprint density at radius 1 is 1.02 bits per heavy atom. The van der Waals surface area contributed by atoms with Gasteiger partial charge >= 0.3 is 27.6 Å². The number of piperazine rings is 3. The van der Waals surface area contributed by atoms with Gasteiger partial charge in [0, 0.05) is 17.7 Å². The van der Waals surface area contributed by atoms with Crippen molar-refractivity contribution in [3.63, 3.8) is 0 Å². The second-order valence-electron chi connectivity index (χ2n) is 14.3. The van der Waals surface area contributed by atoms with Gasteiger partial charge in [0.2, 0.25) is 5.91 Å². The molecule has 6 aliphatic heterocycles. The molecule has 15 nitrogen and oxygen atoms in total. The number of carboxylic acid groups (broad SMARTS) is 2. The molecule has 0 radical (unpaired) electrons. The van der Waals surface area contributed by atoms with E-state index in [2.05, 4.69) is 0 Å². The third-order valence-corrected chi connectivity index (χ3v) is 13.9. The van der Waals surface area contributed by atoms with Gasteiger partial charge in [0.1, 0.15) is 45.0 Å². The first kappa shape index (κ1) is 37.9. The van der Waals surface area contributed by atoms with Gasteiger partial charge in [0.25, 0.3) is 10.0 Å². The summed E-state index contributed by atoms with van der Waals surface area (Å²) in [5.41, 5.74) is -3.82. The number of sulfonamides is 1. The van der Waals surface area contributed by atoms with Crippen LogP contribution < -0.4 is 4.31 Å². The highest BCUT2D eigenvalue weighted by molar-refractivity contribution is 7.93. The number of halogens is 3. The molecule has 2 bridgehead atoms. The fourth-order valence-corrected chi connectivity index (χ4v) is 10.3. The summed E-state index contributed by atoms with van der Waals surface area (Å²) in [6, 6.07) is 8.53. The number of β-lactam (4-membered cyclic amide) rings is 1. The van der Waals surface area contributed by atoms with E-state index in [-0.39, 0.29) is 23.7 Å². The van der Waals surface area contributed by atoms with Gasteiger partial charge in [0.15, 0.2) is 6.54 Å². The van der Waals surface area contributed by atoms with Crippen molar-refractivity contribution in [2.75, 3.05) is 63.2 Å². The number of alkyl halides is 3. The average molecular weight is 777 g/mol. The lowest BCUT2D eigenvalue weighted by Crippen LogP contribution is -2.75. The number of quaternary nitrogens is 2. The number of hydrogen-bond acceptors (Lipinski definition) is 8. The Hall–Kier alpha value is -3.82. The highest BCUT2D eigenvalue weighted by Crippen LogP contribution is 2.50. The van der Waals surface area contributed by atoms with Crippen molar-refractivity contribution in [3.8, 4) is 0 Å². The quantitative estimate of drug-likeness (QED) is 0.123. The third kappa shape index (κ3) is 6.11. The predicted molar refractivity (Wildman–Crippen MR) is 177 cm³/mol. The van der Waals surface area contributed by atoms with E-state index in [9.17, 15) is 51.3 Å². The average Bonchev–Trinajstić information content (AvgIpc) is 3.41. The molecule has 6 heterocycles. The Kier molecular flexibility index (Phi) is 9.23. The number of carboxylic acids is 2. The summed E-state index contributed by atoms with van der Waals surface area (Å²) in [5, 5.41) is 31.1. The predicted octanol–water partition coefficient (Wildman–Crippen LogP) is 1.23. The first-order chi connectivity index (χ1) is 24.0. The smallest absolute Gasteiger partial charge is 0.477 e. The third-order valence-electron chi connectivity index (χ3n) is 11.5. The van der Waals surface area contributed by atoms with E-state index in [4.69, 9.17) is 13.0 Å². The molecule has 284 valence electrons. The number of rotatable bonds is 9. The first-order valence-corrected chi connectivity index (χ1v) is 19.4. The SMILES string of the molecule is C[C@@H](O)C1C(=O)N2C(C(=O)O)=C(CN3c4cccc5c(CC[N+]67CC[N+](CC(=O)O)(CC6)CC7)ccc(c45)S3(=O)=O)[C@H](C)C12.O=S(=O)(O)C(F)(F)F. The van der Waals surface area contributed by atoms with E-state index in [1.807, 2.05) is 18.2 Å². The summed E-state index contributed by atoms with van der Waals surface area (Å²) in [5.74, 6) is -3.66. The maximum atomic E-state index is 14.0. The molecule has 0 spiro atoms. The van der Waals surface area contributed by atoms with Crippen molar-refractivity contribution >= 4 is 54.4 Å². The second-order valence-corrected chi connectivity index (χ2v) is 17.6. The number of nitrogens with zero attached hydrogens (tertiary/aromatic N) is 4. The summed E-state index contributed by atoms with van der Waals surface area (Å²) < 4.78 is 88.4. The highest BCUT2D eigenvalue weighted by atomic mass is 32.2. The van der Waals surface area contributed by atoms with Crippen LogP contribution in [0.3, 0.4) is 0 Å². The summed E-state index contributed by atoms with van der Waals surface area (Å²) in [4.78, 5) is 38.0. The van der Waals surface area contributed by atoms with Gasteiger partial charge in [-0.3, -0.25) is 13.7 Å². The molecule has 0 aromatic heterocycles. The topological polar surface area (TPSA) is 207 Å². The molecule has 1 amide bonds. The fourth-order valence-electron chi connectivity index (χ4n) is 8.64. The van der Waals surface area contributed by atoms with Crippen molar-refractivity contribution in [1.29, 1.82) is 0 Å². The van der Waals surface area contributed by atoms with Gasteiger partial charge < -0.3 is 29.2 Å². The van der Waals surface area contributed by atoms with E-state index in [0.717, 1.165) is 67.7 Å². The summed E-state index contributed by atoms with van der Waals surface area (Å²) in [6.07, 6.45) is -0.191. The highest BCUT2D eigenvalue weighted by Gasteiger charge is 2.60. The minimum atomic E-state index is -5.84. The van der Waals surface area contributed by atoms with Crippen molar-refractivity contribution in [3.05, 3.63) is 47.2 Å². The molecule has 0 saturated carbocycles. The molecule has 2 aromatic carbocycles. The largest absolute Gasteiger partial charge is 0.522 e. The minimum absolute atomic E-state index is 0.180. The molecular formula is C32H39F3N4O11S2+2. The molecule has 2 unspecified atom stereocenters. The number of fused-ring (bicyclic) bond motifs is 4. The van der Waals surface area contributed by atoms with E-state index < -0.39 is 67.5 Å². The van der Waals surface area contributed by atoms with E-state index >= 15 is 0 Å². The van der Waals surface area contributed by atoms with Crippen LogP contribution in [0.2, 0.25) is 0 Å². The maximum Gasteiger partial charge on any atom is 0.522 e. The van der Waals surface area contributed by atoms with Crippen LogP contribution in [0, 0.1) is 11.8 Å². The first-order valence-electron chi connectivity index (χ1n) is 16.5. The number of aliphatic hydroxyl groups excluding tert-OH is 1. The van der Waals surface area contributed by atoms with E-state index in [1.165, 1.54) is 16.1 Å². The molecule has 4 fully saturated rings. The van der Waals surface area contributed by atoms with Crippen LogP contribution in [0.4, 0.5) is 18.9 Å². The summed E-state index contributed by atoms with van der Waals surface area (Å²) in [6.45, 7) is 9.57. The fraction of sp³-hybridized carbons (Fsp3) is 0.531. The molecule has 8 rings (SSSR count). The number of amides is 1. The maximum absolute atomic E-state index is 14.0.